The van der Waals surface area contributed by atoms with Crippen molar-refractivity contribution in [2.24, 2.45) is 0 Å². The van der Waals surface area contributed by atoms with Crippen molar-refractivity contribution >= 4 is 5.91 Å². The molecule has 0 unspecified atom stereocenters. The molecule has 1 atom stereocenters. The molecule has 0 radical (unpaired) electrons. The first-order chi connectivity index (χ1) is 7.70. The molecule has 1 aromatic rings. The van der Waals surface area contributed by atoms with Crippen molar-refractivity contribution in [1.82, 2.24) is 5.32 Å². The Labute approximate surface area is 94.2 Å². The second-order valence-electron chi connectivity index (χ2n) is 4.00. The lowest BCUT2D eigenvalue weighted by Crippen LogP contribution is -2.29. The summed E-state index contributed by atoms with van der Waals surface area (Å²) in [6.07, 6.45) is 4.07. The number of carbonyl (C=O) groups is 1. The molecule has 0 heterocycles. The molecule has 0 bridgehead atoms. The summed E-state index contributed by atoms with van der Waals surface area (Å²) >= 11 is 0. The smallest absolute Gasteiger partial charge is 0.243 e. The minimum Gasteiger partial charge on any atom is -0.346 e. The molecule has 2 nitrogen and oxygen atoms in total. The van der Waals surface area contributed by atoms with Crippen molar-refractivity contribution in [3.05, 3.63) is 47.8 Å². The van der Waals surface area contributed by atoms with Gasteiger partial charge in [0.2, 0.25) is 5.91 Å². The molecule has 1 amide bonds. The number of aryl methyl sites for hydroxylation is 1. The van der Waals surface area contributed by atoms with E-state index in [1.54, 1.807) is 6.07 Å². The van der Waals surface area contributed by atoms with E-state index in [1.807, 2.05) is 0 Å². The van der Waals surface area contributed by atoms with Crippen LogP contribution in [0.4, 0.5) is 4.39 Å². The van der Waals surface area contributed by atoms with Crippen LogP contribution in [0.15, 0.2) is 30.9 Å². The zero-order valence-electron chi connectivity index (χ0n) is 9.00. The van der Waals surface area contributed by atoms with Crippen molar-refractivity contribution in [3.8, 4) is 0 Å². The monoisotopic (exact) mass is 219 g/mol. The van der Waals surface area contributed by atoms with Gasteiger partial charge < -0.3 is 5.32 Å². The Bertz CT molecular complexity index is 428. The third-order valence-electron chi connectivity index (χ3n) is 2.92. The molecular weight excluding hydrogens is 205 g/mol. The van der Waals surface area contributed by atoms with Gasteiger partial charge in [-0.1, -0.05) is 12.6 Å². The van der Waals surface area contributed by atoms with Crippen molar-refractivity contribution in [2.75, 3.05) is 0 Å². The number of amides is 1. The Hall–Kier alpha value is -1.64. The Morgan fingerprint density at radius 3 is 3.12 bits per heavy atom. The topological polar surface area (TPSA) is 29.1 Å². The molecule has 1 aliphatic rings. The summed E-state index contributed by atoms with van der Waals surface area (Å²) in [5, 5.41) is 2.83. The summed E-state index contributed by atoms with van der Waals surface area (Å²) in [4.78, 5) is 11.3. The normalized spacial score (nSPS) is 18.7. The van der Waals surface area contributed by atoms with E-state index in [-0.39, 0.29) is 17.8 Å². The second kappa shape index (κ2) is 4.47. The molecule has 2 rings (SSSR count). The number of benzene rings is 1. The second-order valence-corrected chi connectivity index (χ2v) is 4.00. The fraction of sp³-hybridized carbons (Fsp3) is 0.308. The van der Waals surface area contributed by atoms with E-state index in [0.717, 1.165) is 30.4 Å². The van der Waals surface area contributed by atoms with Crippen LogP contribution in [-0.2, 0) is 11.2 Å². The summed E-state index contributed by atoms with van der Waals surface area (Å²) in [5.74, 6) is -0.458. The van der Waals surface area contributed by atoms with Crippen molar-refractivity contribution in [2.45, 2.75) is 25.3 Å². The molecule has 1 N–H and O–H groups in total. The first-order valence-corrected chi connectivity index (χ1v) is 5.42. The molecule has 0 saturated heterocycles. The minimum absolute atomic E-state index is 0.0788. The number of fused-ring (bicyclic) bond motifs is 1. The summed E-state index contributed by atoms with van der Waals surface area (Å²) in [5.41, 5.74) is 2.03. The molecular formula is C13H14FNO. The Kier molecular flexibility index (Phi) is 3.04. The molecule has 16 heavy (non-hydrogen) atoms. The van der Waals surface area contributed by atoms with Crippen LogP contribution in [0, 0.1) is 5.82 Å². The van der Waals surface area contributed by atoms with Crippen molar-refractivity contribution < 1.29 is 9.18 Å². The summed E-state index contributed by atoms with van der Waals surface area (Å²) in [6.45, 7) is 3.41. The highest BCUT2D eigenvalue weighted by Gasteiger charge is 2.21. The molecule has 1 aliphatic carbocycles. The molecule has 1 aromatic carbocycles. The maximum absolute atomic E-state index is 13.2. The summed E-state index contributed by atoms with van der Waals surface area (Å²) < 4.78 is 13.2. The highest BCUT2D eigenvalue weighted by atomic mass is 19.1. The zero-order chi connectivity index (χ0) is 11.5. The number of carbonyl (C=O) groups excluding carboxylic acids is 1. The van der Waals surface area contributed by atoms with Gasteiger partial charge in [-0.15, -0.1) is 0 Å². The fourth-order valence-corrected chi connectivity index (χ4v) is 2.15. The molecule has 0 aliphatic heterocycles. The number of rotatable bonds is 2. The largest absolute Gasteiger partial charge is 0.346 e. The van der Waals surface area contributed by atoms with Gasteiger partial charge >= 0.3 is 0 Å². The van der Waals surface area contributed by atoms with Gasteiger partial charge in [0.05, 0.1) is 6.04 Å². The van der Waals surface area contributed by atoms with Crippen LogP contribution in [0.2, 0.25) is 0 Å². The van der Waals surface area contributed by atoms with Crippen LogP contribution in [-0.4, -0.2) is 5.91 Å². The lowest BCUT2D eigenvalue weighted by molar-refractivity contribution is -0.117. The summed E-state index contributed by atoms with van der Waals surface area (Å²) in [6, 6.07) is 4.71. The van der Waals surface area contributed by atoms with Crippen molar-refractivity contribution in [1.29, 1.82) is 0 Å². The molecule has 3 heteroatoms. The van der Waals surface area contributed by atoms with E-state index in [0.29, 0.717) is 0 Å². The highest BCUT2D eigenvalue weighted by molar-refractivity contribution is 5.87. The Balaban J connectivity index is 2.28. The fourth-order valence-electron chi connectivity index (χ4n) is 2.15. The standard InChI is InChI=1S/C13H14FNO/c1-2-13(16)15-12-5-3-4-9-6-7-10(14)8-11(9)12/h2,6-8,12H,1,3-5H2,(H,15,16)/t12-/m1/s1. The summed E-state index contributed by atoms with van der Waals surface area (Å²) in [7, 11) is 0. The lowest BCUT2D eigenvalue weighted by atomic mass is 9.87. The van der Waals surface area contributed by atoms with Crippen LogP contribution in [0.25, 0.3) is 0 Å². The number of halogens is 1. The molecule has 0 spiro atoms. The first kappa shape index (κ1) is 10.9. The quantitative estimate of drug-likeness (QED) is 0.761. The molecule has 0 aromatic heterocycles. The van der Waals surface area contributed by atoms with Gasteiger partial charge in [-0.25, -0.2) is 4.39 Å². The maximum Gasteiger partial charge on any atom is 0.243 e. The van der Waals surface area contributed by atoms with Crippen LogP contribution >= 0.6 is 0 Å². The average molecular weight is 219 g/mol. The third-order valence-corrected chi connectivity index (χ3v) is 2.92. The van der Waals surface area contributed by atoms with Crippen molar-refractivity contribution in [3.63, 3.8) is 0 Å². The number of hydrogen-bond donors (Lipinski definition) is 1. The van der Waals surface area contributed by atoms with Gasteiger partial charge in [0.15, 0.2) is 0 Å². The van der Waals surface area contributed by atoms with E-state index in [1.165, 1.54) is 18.2 Å². The van der Waals surface area contributed by atoms with Gasteiger partial charge in [-0.3, -0.25) is 4.79 Å². The predicted molar refractivity (Wildman–Crippen MR) is 60.4 cm³/mol. The predicted octanol–water partition coefficient (Wildman–Crippen LogP) is 2.51. The van der Waals surface area contributed by atoms with E-state index in [9.17, 15) is 9.18 Å². The van der Waals surface area contributed by atoms with Gasteiger partial charge in [-0.05, 0) is 48.6 Å². The average Bonchev–Trinajstić information content (AvgIpc) is 2.29. The van der Waals surface area contributed by atoms with Gasteiger partial charge in [-0.2, -0.15) is 0 Å². The molecule has 0 saturated carbocycles. The van der Waals surface area contributed by atoms with Crippen LogP contribution in [0.1, 0.15) is 30.0 Å². The highest BCUT2D eigenvalue weighted by Crippen LogP contribution is 2.30. The minimum atomic E-state index is -0.251. The van der Waals surface area contributed by atoms with Gasteiger partial charge in [0, 0.05) is 0 Å². The first-order valence-electron chi connectivity index (χ1n) is 5.42. The van der Waals surface area contributed by atoms with E-state index >= 15 is 0 Å². The zero-order valence-corrected chi connectivity index (χ0v) is 9.00. The third kappa shape index (κ3) is 2.13. The maximum atomic E-state index is 13.2. The van der Waals surface area contributed by atoms with Gasteiger partial charge in [0.1, 0.15) is 5.82 Å². The molecule has 84 valence electrons. The Morgan fingerprint density at radius 1 is 1.56 bits per heavy atom. The lowest BCUT2D eigenvalue weighted by Gasteiger charge is -2.25. The van der Waals surface area contributed by atoms with Crippen LogP contribution in [0.3, 0.4) is 0 Å². The van der Waals surface area contributed by atoms with Crippen LogP contribution in [0.5, 0.6) is 0 Å². The number of hydrogen-bond acceptors (Lipinski definition) is 1. The number of nitrogens with one attached hydrogen (secondary N) is 1. The van der Waals surface area contributed by atoms with E-state index in [2.05, 4.69) is 11.9 Å². The van der Waals surface area contributed by atoms with Gasteiger partial charge in [0.25, 0.3) is 0 Å². The van der Waals surface area contributed by atoms with Crippen LogP contribution < -0.4 is 5.32 Å². The van der Waals surface area contributed by atoms with E-state index in [4.69, 9.17) is 0 Å². The van der Waals surface area contributed by atoms with E-state index < -0.39 is 0 Å². The SMILES string of the molecule is C=CC(=O)N[C@@H]1CCCc2ccc(F)cc21. The molecule has 0 fully saturated rings. The Morgan fingerprint density at radius 2 is 2.38 bits per heavy atom.